The fourth-order valence-electron chi connectivity index (χ4n) is 2.91. The number of carbonyl (C=O) groups is 2. The van der Waals surface area contributed by atoms with Crippen molar-refractivity contribution in [1.82, 2.24) is 15.5 Å². The van der Waals surface area contributed by atoms with Crippen LogP contribution in [-0.2, 0) is 9.53 Å². The van der Waals surface area contributed by atoms with Crippen molar-refractivity contribution in [1.29, 1.82) is 0 Å². The quantitative estimate of drug-likeness (QED) is 0.766. The van der Waals surface area contributed by atoms with Gasteiger partial charge in [-0.15, -0.1) is 0 Å². The van der Waals surface area contributed by atoms with Crippen LogP contribution in [0.5, 0.6) is 0 Å². The average Bonchev–Trinajstić information content (AvgIpc) is 2.60. The van der Waals surface area contributed by atoms with Crippen molar-refractivity contribution in [3.8, 4) is 0 Å². The van der Waals surface area contributed by atoms with E-state index in [-0.39, 0.29) is 30.6 Å². The molecule has 1 aliphatic heterocycles. The normalized spacial score (nSPS) is 16.2. The number of rotatable bonds is 6. The lowest BCUT2D eigenvalue weighted by Crippen LogP contribution is -2.48. The van der Waals surface area contributed by atoms with E-state index in [4.69, 9.17) is 27.9 Å². The predicted octanol–water partition coefficient (Wildman–Crippen LogP) is 3.38. The van der Waals surface area contributed by atoms with E-state index >= 15 is 0 Å². The summed E-state index contributed by atoms with van der Waals surface area (Å²) in [6, 6.07) is 5.32. The summed E-state index contributed by atoms with van der Waals surface area (Å²) in [5.41, 5.74) is 0.895. The van der Waals surface area contributed by atoms with Gasteiger partial charge in [0.15, 0.2) is 0 Å². The number of halogens is 2. The number of nitrogens with zero attached hydrogens (tertiary/aromatic N) is 1. The molecule has 144 valence electrons. The van der Waals surface area contributed by atoms with Crippen molar-refractivity contribution in [2.24, 2.45) is 0 Å². The number of amides is 2. The first-order valence-corrected chi connectivity index (χ1v) is 9.55. The molecule has 2 amide bonds. The molecule has 1 saturated heterocycles. The minimum absolute atomic E-state index is 0.0727. The van der Waals surface area contributed by atoms with Gasteiger partial charge >= 0.3 is 6.09 Å². The molecular weight excluding hydrogens is 377 g/mol. The Morgan fingerprint density at radius 2 is 2.00 bits per heavy atom. The van der Waals surface area contributed by atoms with E-state index in [0.29, 0.717) is 29.7 Å². The zero-order chi connectivity index (χ0) is 19.1. The standard InChI is InChI=1S/C18H25Cl2N3O3/c1-3-26-18(25)23-8-6-14(7-9-23)22-17(24)11-21-12(2)15-5-4-13(19)10-16(15)20/h4-5,10,12,14,21H,3,6-9,11H2,1-2H3,(H,22,24). The fraction of sp³-hybridized carbons (Fsp3) is 0.556. The molecule has 1 aromatic carbocycles. The Bertz CT molecular complexity index is 634. The Morgan fingerprint density at radius 1 is 1.31 bits per heavy atom. The summed E-state index contributed by atoms with van der Waals surface area (Å²) in [5, 5.41) is 7.33. The molecule has 1 aromatic rings. The Labute approximate surface area is 164 Å². The van der Waals surface area contributed by atoms with Crippen LogP contribution in [-0.4, -0.2) is 49.2 Å². The number of nitrogens with one attached hydrogen (secondary N) is 2. The Hall–Kier alpha value is -1.50. The molecule has 0 radical (unpaired) electrons. The minimum atomic E-state index is -0.285. The molecule has 1 heterocycles. The van der Waals surface area contributed by atoms with Gasteiger partial charge in [0, 0.05) is 35.2 Å². The first-order valence-electron chi connectivity index (χ1n) is 8.80. The van der Waals surface area contributed by atoms with Crippen LogP contribution in [0, 0.1) is 0 Å². The molecular formula is C18H25Cl2N3O3. The zero-order valence-corrected chi connectivity index (χ0v) is 16.6. The van der Waals surface area contributed by atoms with Gasteiger partial charge < -0.3 is 20.3 Å². The van der Waals surface area contributed by atoms with Crippen molar-refractivity contribution >= 4 is 35.2 Å². The number of likely N-dealkylation sites (tertiary alicyclic amines) is 1. The molecule has 1 fully saturated rings. The third kappa shape index (κ3) is 6.04. The highest BCUT2D eigenvalue weighted by atomic mass is 35.5. The highest BCUT2D eigenvalue weighted by Crippen LogP contribution is 2.25. The summed E-state index contributed by atoms with van der Waals surface area (Å²) in [6.07, 6.45) is 1.17. The summed E-state index contributed by atoms with van der Waals surface area (Å²) in [5.74, 6) is -0.0727. The molecule has 1 atom stereocenters. The third-order valence-electron chi connectivity index (χ3n) is 4.38. The van der Waals surface area contributed by atoms with Crippen LogP contribution >= 0.6 is 23.2 Å². The zero-order valence-electron chi connectivity index (χ0n) is 15.1. The van der Waals surface area contributed by atoms with E-state index in [0.717, 1.165) is 18.4 Å². The third-order valence-corrected chi connectivity index (χ3v) is 4.95. The maximum atomic E-state index is 12.2. The molecule has 26 heavy (non-hydrogen) atoms. The van der Waals surface area contributed by atoms with E-state index in [1.54, 1.807) is 24.0 Å². The number of benzene rings is 1. The number of ether oxygens (including phenoxy) is 1. The Kier molecular flexibility index (Phi) is 8.00. The smallest absolute Gasteiger partial charge is 0.409 e. The van der Waals surface area contributed by atoms with Crippen LogP contribution in [0.1, 0.15) is 38.3 Å². The lowest BCUT2D eigenvalue weighted by Gasteiger charge is -2.31. The fourth-order valence-corrected chi connectivity index (χ4v) is 3.48. The number of carbonyl (C=O) groups excluding carboxylic acids is 2. The van der Waals surface area contributed by atoms with Crippen molar-refractivity contribution in [3.63, 3.8) is 0 Å². The van der Waals surface area contributed by atoms with Crippen molar-refractivity contribution in [2.75, 3.05) is 26.2 Å². The number of piperidine rings is 1. The summed E-state index contributed by atoms with van der Waals surface area (Å²) in [4.78, 5) is 25.5. The molecule has 0 spiro atoms. The molecule has 0 saturated carbocycles. The van der Waals surface area contributed by atoms with Gasteiger partial charge in [-0.3, -0.25) is 4.79 Å². The van der Waals surface area contributed by atoms with Crippen LogP contribution in [0.4, 0.5) is 4.79 Å². The maximum absolute atomic E-state index is 12.2. The molecule has 0 aromatic heterocycles. The van der Waals surface area contributed by atoms with E-state index < -0.39 is 0 Å². The minimum Gasteiger partial charge on any atom is -0.450 e. The van der Waals surface area contributed by atoms with Gasteiger partial charge in [0.2, 0.25) is 5.91 Å². The molecule has 2 N–H and O–H groups in total. The molecule has 8 heteroatoms. The summed E-state index contributed by atoms with van der Waals surface area (Å²) >= 11 is 12.1. The molecule has 0 bridgehead atoms. The van der Waals surface area contributed by atoms with E-state index in [1.807, 2.05) is 13.0 Å². The van der Waals surface area contributed by atoms with Gasteiger partial charge in [-0.1, -0.05) is 29.3 Å². The van der Waals surface area contributed by atoms with Gasteiger partial charge in [-0.2, -0.15) is 0 Å². The monoisotopic (exact) mass is 401 g/mol. The molecule has 1 unspecified atom stereocenters. The molecule has 0 aliphatic carbocycles. The maximum Gasteiger partial charge on any atom is 0.409 e. The number of hydrogen-bond donors (Lipinski definition) is 2. The lowest BCUT2D eigenvalue weighted by atomic mass is 10.1. The van der Waals surface area contributed by atoms with Crippen molar-refractivity contribution < 1.29 is 14.3 Å². The Morgan fingerprint density at radius 3 is 2.62 bits per heavy atom. The second kappa shape index (κ2) is 10.00. The van der Waals surface area contributed by atoms with E-state index in [2.05, 4.69) is 10.6 Å². The highest BCUT2D eigenvalue weighted by Gasteiger charge is 2.24. The highest BCUT2D eigenvalue weighted by molar-refractivity contribution is 6.35. The first-order chi connectivity index (χ1) is 12.4. The second-order valence-electron chi connectivity index (χ2n) is 6.30. The SMILES string of the molecule is CCOC(=O)N1CCC(NC(=O)CNC(C)c2ccc(Cl)cc2Cl)CC1. The van der Waals surface area contributed by atoms with Crippen LogP contribution in [0.2, 0.25) is 10.0 Å². The first kappa shape index (κ1) is 20.8. The number of hydrogen-bond acceptors (Lipinski definition) is 4. The van der Waals surface area contributed by atoms with Gasteiger partial charge in [0.05, 0.1) is 13.2 Å². The van der Waals surface area contributed by atoms with Crippen LogP contribution in [0.3, 0.4) is 0 Å². The van der Waals surface area contributed by atoms with Crippen LogP contribution in [0.25, 0.3) is 0 Å². The van der Waals surface area contributed by atoms with Gasteiger partial charge in [-0.05, 0) is 44.4 Å². The molecule has 1 aliphatic rings. The van der Waals surface area contributed by atoms with Crippen LogP contribution in [0.15, 0.2) is 18.2 Å². The summed E-state index contributed by atoms with van der Waals surface area (Å²) in [6.45, 7) is 5.48. The van der Waals surface area contributed by atoms with Gasteiger partial charge in [-0.25, -0.2) is 4.79 Å². The van der Waals surface area contributed by atoms with E-state index in [1.165, 1.54) is 0 Å². The predicted molar refractivity (Wildman–Crippen MR) is 103 cm³/mol. The largest absolute Gasteiger partial charge is 0.450 e. The van der Waals surface area contributed by atoms with Crippen molar-refractivity contribution in [3.05, 3.63) is 33.8 Å². The molecule has 2 rings (SSSR count). The summed E-state index contributed by atoms with van der Waals surface area (Å²) in [7, 11) is 0. The van der Waals surface area contributed by atoms with Gasteiger partial charge in [0.25, 0.3) is 0 Å². The van der Waals surface area contributed by atoms with E-state index in [9.17, 15) is 9.59 Å². The van der Waals surface area contributed by atoms with Crippen molar-refractivity contribution in [2.45, 2.75) is 38.8 Å². The average molecular weight is 402 g/mol. The second-order valence-corrected chi connectivity index (χ2v) is 7.14. The molecule has 6 nitrogen and oxygen atoms in total. The summed E-state index contributed by atoms with van der Waals surface area (Å²) < 4.78 is 4.99. The topological polar surface area (TPSA) is 70.7 Å². The van der Waals surface area contributed by atoms with Gasteiger partial charge in [0.1, 0.15) is 0 Å². The van der Waals surface area contributed by atoms with Crippen LogP contribution < -0.4 is 10.6 Å². The Balaban J connectivity index is 1.73. The lowest BCUT2D eigenvalue weighted by molar-refractivity contribution is -0.121.